The lowest BCUT2D eigenvalue weighted by atomic mass is 10.3. The summed E-state index contributed by atoms with van der Waals surface area (Å²) in [5.41, 5.74) is 0. The second-order valence-electron chi connectivity index (χ2n) is 4.12. The molecule has 1 aromatic rings. The fourth-order valence-electron chi connectivity index (χ4n) is 1.92. The Bertz CT molecular complexity index is 487. The minimum Gasteiger partial charge on any atom is -0.314 e. The van der Waals surface area contributed by atoms with Gasteiger partial charge in [0.25, 0.3) is 0 Å². The van der Waals surface area contributed by atoms with Crippen molar-refractivity contribution in [2.45, 2.75) is 17.9 Å². The highest BCUT2D eigenvalue weighted by atomic mass is 79.9. The molecule has 1 fully saturated rings. The van der Waals surface area contributed by atoms with Gasteiger partial charge >= 0.3 is 0 Å². The highest BCUT2D eigenvalue weighted by molar-refractivity contribution is 9.10. The molecule has 0 saturated carbocycles. The van der Waals surface area contributed by atoms with Gasteiger partial charge in [0.15, 0.2) is 0 Å². The molecule has 0 aliphatic carbocycles. The molecule has 94 valence electrons. The van der Waals surface area contributed by atoms with Crippen molar-refractivity contribution in [1.29, 1.82) is 0 Å². The first kappa shape index (κ1) is 13.0. The number of benzene rings is 1. The molecule has 1 saturated heterocycles. The Labute approximate surface area is 110 Å². The van der Waals surface area contributed by atoms with Crippen LogP contribution >= 0.6 is 15.9 Å². The Morgan fingerprint density at radius 3 is 2.59 bits per heavy atom. The van der Waals surface area contributed by atoms with E-state index in [1.807, 2.05) is 6.92 Å². The normalized spacial score (nSPS) is 22.6. The van der Waals surface area contributed by atoms with E-state index in [0.29, 0.717) is 24.5 Å². The van der Waals surface area contributed by atoms with Crippen molar-refractivity contribution in [2.24, 2.45) is 0 Å². The first-order valence-corrected chi connectivity index (χ1v) is 7.73. The highest BCUT2D eigenvalue weighted by Gasteiger charge is 2.30. The van der Waals surface area contributed by atoms with E-state index in [4.69, 9.17) is 0 Å². The van der Waals surface area contributed by atoms with Gasteiger partial charge in [0.05, 0.1) is 4.90 Å². The van der Waals surface area contributed by atoms with Gasteiger partial charge in [-0.1, -0.05) is 15.9 Å². The van der Waals surface area contributed by atoms with E-state index < -0.39 is 10.0 Å². The van der Waals surface area contributed by atoms with Gasteiger partial charge in [-0.05, 0) is 31.2 Å². The molecule has 1 heterocycles. The molecule has 0 aromatic heterocycles. The third kappa shape index (κ3) is 2.70. The third-order valence-corrected chi connectivity index (χ3v) is 5.42. The monoisotopic (exact) mass is 318 g/mol. The van der Waals surface area contributed by atoms with Crippen LogP contribution in [-0.2, 0) is 10.0 Å². The van der Waals surface area contributed by atoms with Crippen LogP contribution in [0.4, 0.5) is 0 Å². The van der Waals surface area contributed by atoms with Gasteiger partial charge in [-0.2, -0.15) is 4.31 Å². The number of halogens is 1. The van der Waals surface area contributed by atoms with Crippen LogP contribution in [0.2, 0.25) is 0 Å². The van der Waals surface area contributed by atoms with Gasteiger partial charge in [0, 0.05) is 30.1 Å². The van der Waals surface area contributed by atoms with Crippen LogP contribution in [0.3, 0.4) is 0 Å². The van der Waals surface area contributed by atoms with Crippen LogP contribution < -0.4 is 5.32 Å². The molecule has 0 spiro atoms. The second kappa shape index (κ2) is 5.06. The summed E-state index contributed by atoms with van der Waals surface area (Å²) in [6.45, 7) is 3.86. The number of nitrogens with one attached hydrogen (secondary N) is 1. The van der Waals surface area contributed by atoms with E-state index in [1.165, 1.54) is 0 Å². The van der Waals surface area contributed by atoms with E-state index in [0.717, 1.165) is 4.47 Å². The van der Waals surface area contributed by atoms with E-state index in [2.05, 4.69) is 21.2 Å². The van der Waals surface area contributed by atoms with Crippen LogP contribution in [0.25, 0.3) is 0 Å². The van der Waals surface area contributed by atoms with Crippen molar-refractivity contribution >= 4 is 26.0 Å². The number of rotatable bonds is 2. The highest BCUT2D eigenvalue weighted by Crippen LogP contribution is 2.21. The van der Waals surface area contributed by atoms with Crippen LogP contribution in [0.1, 0.15) is 6.92 Å². The zero-order valence-electron chi connectivity index (χ0n) is 9.56. The van der Waals surface area contributed by atoms with Crippen molar-refractivity contribution in [3.05, 3.63) is 28.7 Å². The molecule has 17 heavy (non-hydrogen) atoms. The summed E-state index contributed by atoms with van der Waals surface area (Å²) in [5, 5.41) is 3.18. The standard InChI is InChI=1S/C11H15BrN2O2S/c1-9-8-13-6-7-14(9)17(15,16)11-4-2-10(12)3-5-11/h2-5,9,13H,6-8H2,1H3/t9-/m1/s1. The first-order valence-electron chi connectivity index (χ1n) is 5.50. The summed E-state index contributed by atoms with van der Waals surface area (Å²) in [7, 11) is -3.36. The lowest BCUT2D eigenvalue weighted by molar-refractivity contribution is 0.284. The van der Waals surface area contributed by atoms with Gasteiger partial charge in [0.1, 0.15) is 0 Å². The largest absolute Gasteiger partial charge is 0.314 e. The van der Waals surface area contributed by atoms with Crippen molar-refractivity contribution in [3.8, 4) is 0 Å². The van der Waals surface area contributed by atoms with E-state index >= 15 is 0 Å². The fourth-order valence-corrected chi connectivity index (χ4v) is 3.82. The van der Waals surface area contributed by atoms with E-state index in [1.54, 1.807) is 28.6 Å². The molecule has 0 unspecified atom stereocenters. The first-order chi connectivity index (χ1) is 8.01. The van der Waals surface area contributed by atoms with Gasteiger partial charge in [-0.3, -0.25) is 0 Å². The number of nitrogens with zero attached hydrogens (tertiary/aromatic N) is 1. The number of hydrogen-bond donors (Lipinski definition) is 1. The van der Waals surface area contributed by atoms with Crippen LogP contribution in [0.5, 0.6) is 0 Å². The maximum Gasteiger partial charge on any atom is 0.243 e. The Morgan fingerprint density at radius 2 is 2.00 bits per heavy atom. The summed E-state index contributed by atoms with van der Waals surface area (Å²) < 4.78 is 27.2. The van der Waals surface area contributed by atoms with Crippen LogP contribution in [0.15, 0.2) is 33.6 Å². The molecule has 6 heteroatoms. The quantitative estimate of drug-likeness (QED) is 0.897. The maximum absolute atomic E-state index is 12.4. The van der Waals surface area contributed by atoms with Gasteiger partial charge < -0.3 is 5.32 Å². The van der Waals surface area contributed by atoms with Crippen molar-refractivity contribution < 1.29 is 8.42 Å². The molecular weight excluding hydrogens is 304 g/mol. The minimum absolute atomic E-state index is 0.00241. The lowest BCUT2D eigenvalue weighted by Gasteiger charge is -2.32. The number of sulfonamides is 1. The molecule has 1 aliphatic rings. The summed E-state index contributed by atoms with van der Waals surface area (Å²) in [6, 6.07) is 6.76. The molecule has 1 aromatic carbocycles. The Morgan fingerprint density at radius 1 is 1.35 bits per heavy atom. The number of piperazine rings is 1. The smallest absolute Gasteiger partial charge is 0.243 e. The zero-order valence-corrected chi connectivity index (χ0v) is 12.0. The predicted octanol–water partition coefficient (Wildman–Crippen LogP) is 1.43. The van der Waals surface area contributed by atoms with Crippen LogP contribution in [0, 0.1) is 0 Å². The summed E-state index contributed by atoms with van der Waals surface area (Å²) in [5.74, 6) is 0. The molecule has 1 N–H and O–H groups in total. The second-order valence-corrected chi connectivity index (χ2v) is 6.93. The molecule has 0 radical (unpaired) electrons. The average molecular weight is 319 g/mol. The summed E-state index contributed by atoms with van der Waals surface area (Å²) >= 11 is 3.30. The van der Waals surface area contributed by atoms with E-state index in [9.17, 15) is 8.42 Å². The summed E-state index contributed by atoms with van der Waals surface area (Å²) in [6.07, 6.45) is 0. The Kier molecular flexibility index (Phi) is 3.87. The average Bonchev–Trinajstić information content (AvgIpc) is 2.30. The number of hydrogen-bond acceptors (Lipinski definition) is 3. The maximum atomic E-state index is 12.4. The predicted molar refractivity (Wildman–Crippen MR) is 70.4 cm³/mol. The minimum atomic E-state index is -3.36. The van der Waals surface area contributed by atoms with E-state index in [-0.39, 0.29) is 6.04 Å². The molecule has 0 amide bonds. The van der Waals surface area contributed by atoms with Gasteiger partial charge in [0.2, 0.25) is 10.0 Å². The topological polar surface area (TPSA) is 49.4 Å². The molecular formula is C11H15BrN2O2S. The van der Waals surface area contributed by atoms with Gasteiger partial charge in [-0.25, -0.2) is 8.42 Å². The molecule has 1 atom stereocenters. The summed E-state index contributed by atoms with van der Waals surface area (Å²) in [4.78, 5) is 0.356. The lowest BCUT2D eigenvalue weighted by Crippen LogP contribution is -2.52. The Hall–Kier alpha value is -0.430. The van der Waals surface area contributed by atoms with Crippen molar-refractivity contribution in [2.75, 3.05) is 19.6 Å². The SMILES string of the molecule is C[C@@H]1CNCCN1S(=O)(=O)c1ccc(Br)cc1. The van der Waals surface area contributed by atoms with Crippen molar-refractivity contribution in [3.63, 3.8) is 0 Å². The molecule has 2 rings (SSSR count). The molecule has 1 aliphatic heterocycles. The third-order valence-electron chi connectivity index (χ3n) is 2.86. The molecule has 0 bridgehead atoms. The zero-order chi connectivity index (χ0) is 12.5. The fraction of sp³-hybridized carbons (Fsp3) is 0.455. The van der Waals surface area contributed by atoms with Crippen LogP contribution in [-0.4, -0.2) is 38.4 Å². The Balaban J connectivity index is 2.32. The molecule has 4 nitrogen and oxygen atoms in total. The van der Waals surface area contributed by atoms with Crippen molar-refractivity contribution in [1.82, 2.24) is 9.62 Å². The van der Waals surface area contributed by atoms with Gasteiger partial charge in [-0.15, -0.1) is 0 Å².